The summed E-state index contributed by atoms with van der Waals surface area (Å²) in [7, 11) is 6.24. The molecular formula is C10H17N2S+. The van der Waals surface area contributed by atoms with Crippen LogP contribution in [0.4, 0.5) is 0 Å². The molecule has 72 valence electrons. The Bertz CT molecular complexity index is 244. The first-order valence-electron chi connectivity index (χ1n) is 4.41. The van der Waals surface area contributed by atoms with Crippen molar-refractivity contribution in [3.8, 4) is 0 Å². The molecule has 0 aliphatic rings. The van der Waals surface area contributed by atoms with Gasteiger partial charge in [-0.3, -0.25) is 0 Å². The first-order valence-corrected chi connectivity index (χ1v) is 5.40. The average molecular weight is 197 g/mol. The van der Waals surface area contributed by atoms with E-state index in [1.165, 1.54) is 4.90 Å². The van der Waals surface area contributed by atoms with E-state index in [-0.39, 0.29) is 0 Å². The third-order valence-electron chi connectivity index (χ3n) is 1.76. The van der Waals surface area contributed by atoms with Gasteiger partial charge >= 0.3 is 0 Å². The lowest BCUT2D eigenvalue weighted by Gasteiger charge is -2.07. The summed E-state index contributed by atoms with van der Waals surface area (Å²) in [6.07, 6.45) is 4.16. The largest absolute Gasteiger partial charge is 0.309 e. The Morgan fingerprint density at radius 2 is 1.92 bits per heavy atom. The van der Waals surface area contributed by atoms with Crippen LogP contribution in [0.25, 0.3) is 0 Å². The van der Waals surface area contributed by atoms with Crippen LogP contribution in [0.3, 0.4) is 0 Å². The van der Waals surface area contributed by atoms with Crippen LogP contribution in [0, 0.1) is 0 Å². The first kappa shape index (κ1) is 10.5. The molecule has 0 aliphatic heterocycles. The molecule has 0 aromatic carbocycles. The van der Waals surface area contributed by atoms with Crippen LogP contribution in [-0.4, -0.2) is 31.3 Å². The smallest absolute Gasteiger partial charge is 0.169 e. The molecule has 0 radical (unpaired) electrons. The molecule has 0 fully saturated rings. The number of hydrogen-bond donors (Lipinski definition) is 0. The van der Waals surface area contributed by atoms with Gasteiger partial charge in [0.2, 0.25) is 0 Å². The lowest BCUT2D eigenvalue weighted by atomic mass is 10.5. The average Bonchev–Trinajstić information content (AvgIpc) is 2.08. The van der Waals surface area contributed by atoms with Gasteiger partial charge < -0.3 is 4.90 Å². The summed E-state index contributed by atoms with van der Waals surface area (Å²) >= 11 is 1.90. The molecule has 0 unspecified atom stereocenters. The van der Waals surface area contributed by atoms with Crippen molar-refractivity contribution in [1.82, 2.24) is 4.90 Å². The van der Waals surface area contributed by atoms with E-state index in [1.54, 1.807) is 0 Å². The highest BCUT2D eigenvalue weighted by atomic mass is 32.2. The summed E-state index contributed by atoms with van der Waals surface area (Å²) in [4.78, 5) is 3.55. The van der Waals surface area contributed by atoms with Gasteiger partial charge in [0.25, 0.3) is 0 Å². The minimum atomic E-state index is 1.13. The van der Waals surface area contributed by atoms with Crippen molar-refractivity contribution >= 4 is 11.8 Å². The number of thioether (sulfide) groups is 1. The number of aryl methyl sites for hydroxylation is 1. The normalized spacial score (nSPS) is 10.8. The van der Waals surface area contributed by atoms with Crippen LogP contribution in [-0.2, 0) is 7.05 Å². The monoisotopic (exact) mass is 197 g/mol. The second-order valence-corrected chi connectivity index (χ2v) is 4.52. The molecule has 2 nitrogen and oxygen atoms in total. The van der Waals surface area contributed by atoms with E-state index < -0.39 is 0 Å². The zero-order chi connectivity index (χ0) is 9.68. The van der Waals surface area contributed by atoms with Crippen LogP contribution in [0.2, 0.25) is 0 Å². The molecule has 0 amide bonds. The van der Waals surface area contributed by atoms with Crippen LogP contribution in [0.1, 0.15) is 0 Å². The number of hydrogen-bond acceptors (Lipinski definition) is 2. The highest BCUT2D eigenvalue weighted by Crippen LogP contribution is 2.14. The Hall–Kier alpha value is -0.540. The molecule has 0 aliphatic carbocycles. The Labute approximate surface area is 84.6 Å². The second-order valence-electron chi connectivity index (χ2n) is 3.35. The Morgan fingerprint density at radius 1 is 1.31 bits per heavy atom. The summed E-state index contributed by atoms with van der Waals surface area (Å²) in [6.45, 7) is 1.13. The number of nitrogens with zero attached hydrogens (tertiary/aromatic N) is 2. The summed E-state index contributed by atoms with van der Waals surface area (Å²) in [6, 6.07) is 4.31. The van der Waals surface area contributed by atoms with E-state index in [0.29, 0.717) is 0 Å². The van der Waals surface area contributed by atoms with E-state index in [0.717, 1.165) is 12.3 Å². The maximum absolute atomic E-state index is 2.20. The van der Waals surface area contributed by atoms with Gasteiger partial charge in [0.1, 0.15) is 7.05 Å². The predicted octanol–water partition coefficient (Wildman–Crippen LogP) is 1.16. The van der Waals surface area contributed by atoms with Gasteiger partial charge in [-0.05, 0) is 14.1 Å². The van der Waals surface area contributed by atoms with Gasteiger partial charge in [0.15, 0.2) is 12.4 Å². The van der Waals surface area contributed by atoms with Crippen molar-refractivity contribution in [3.63, 3.8) is 0 Å². The van der Waals surface area contributed by atoms with Gasteiger partial charge in [-0.25, -0.2) is 4.57 Å². The minimum Gasteiger partial charge on any atom is -0.309 e. The molecule has 0 bridgehead atoms. The summed E-state index contributed by atoms with van der Waals surface area (Å²) < 4.78 is 2.05. The maximum Gasteiger partial charge on any atom is 0.169 e. The molecular weight excluding hydrogens is 180 g/mol. The van der Waals surface area contributed by atoms with E-state index >= 15 is 0 Å². The van der Waals surface area contributed by atoms with Crippen LogP contribution in [0.15, 0.2) is 29.4 Å². The molecule has 13 heavy (non-hydrogen) atoms. The van der Waals surface area contributed by atoms with Gasteiger partial charge in [0.05, 0.1) is 0 Å². The zero-order valence-corrected chi connectivity index (χ0v) is 9.34. The lowest BCUT2D eigenvalue weighted by Crippen LogP contribution is -2.25. The Kier molecular flexibility index (Phi) is 4.25. The lowest BCUT2D eigenvalue weighted by molar-refractivity contribution is -0.671. The van der Waals surface area contributed by atoms with E-state index in [2.05, 4.69) is 48.1 Å². The molecule has 0 atom stereocenters. The zero-order valence-electron chi connectivity index (χ0n) is 8.53. The highest BCUT2D eigenvalue weighted by molar-refractivity contribution is 7.99. The van der Waals surface area contributed by atoms with Crippen LogP contribution in [0.5, 0.6) is 0 Å². The van der Waals surface area contributed by atoms with E-state index in [9.17, 15) is 0 Å². The van der Waals surface area contributed by atoms with Crippen LogP contribution >= 0.6 is 11.8 Å². The van der Waals surface area contributed by atoms with E-state index in [1.807, 2.05) is 18.8 Å². The van der Waals surface area contributed by atoms with Crippen molar-refractivity contribution in [3.05, 3.63) is 24.5 Å². The standard InChI is InChI=1S/C10H17N2S/c1-11(2)8-9-13-10-4-6-12(3)7-5-10/h4-7H,8-9H2,1-3H3/q+1. The molecule has 1 rings (SSSR count). The molecule has 0 saturated heterocycles. The van der Waals surface area contributed by atoms with Gasteiger partial charge in [-0.2, -0.15) is 0 Å². The molecule has 0 N–H and O–H groups in total. The first-order chi connectivity index (χ1) is 6.18. The molecule has 1 aromatic heterocycles. The number of aromatic nitrogens is 1. The van der Waals surface area contributed by atoms with E-state index in [4.69, 9.17) is 0 Å². The second kappa shape index (κ2) is 5.25. The SMILES string of the molecule is CN(C)CCSc1cc[n+](C)cc1. The van der Waals surface area contributed by atoms with Crippen molar-refractivity contribution in [2.24, 2.45) is 7.05 Å². The summed E-state index contributed by atoms with van der Waals surface area (Å²) in [5.41, 5.74) is 0. The third kappa shape index (κ3) is 4.29. The van der Waals surface area contributed by atoms with Gasteiger partial charge in [-0.15, -0.1) is 11.8 Å². The summed E-state index contributed by atoms with van der Waals surface area (Å²) in [5, 5.41) is 0. The Balaban J connectivity index is 2.33. The fourth-order valence-electron chi connectivity index (χ4n) is 0.930. The van der Waals surface area contributed by atoms with Crippen LogP contribution < -0.4 is 4.57 Å². The fraction of sp³-hybridized carbons (Fsp3) is 0.500. The van der Waals surface area contributed by atoms with Crippen molar-refractivity contribution in [1.29, 1.82) is 0 Å². The molecule has 3 heteroatoms. The number of pyridine rings is 1. The minimum absolute atomic E-state index is 1.13. The third-order valence-corrected chi connectivity index (χ3v) is 2.75. The highest BCUT2D eigenvalue weighted by Gasteiger charge is 1.96. The van der Waals surface area contributed by atoms with Gasteiger partial charge in [-0.1, -0.05) is 0 Å². The molecule has 1 aromatic rings. The molecule has 1 heterocycles. The van der Waals surface area contributed by atoms with Crippen molar-refractivity contribution in [2.75, 3.05) is 26.4 Å². The summed E-state index contributed by atoms with van der Waals surface area (Å²) in [5.74, 6) is 1.15. The molecule has 0 saturated carbocycles. The van der Waals surface area contributed by atoms with Crippen molar-refractivity contribution < 1.29 is 4.57 Å². The quantitative estimate of drug-likeness (QED) is 0.528. The number of rotatable bonds is 4. The maximum atomic E-state index is 2.20. The van der Waals surface area contributed by atoms with Crippen molar-refractivity contribution in [2.45, 2.75) is 4.90 Å². The topological polar surface area (TPSA) is 7.12 Å². The van der Waals surface area contributed by atoms with Gasteiger partial charge in [0, 0.05) is 29.3 Å². The molecule has 0 spiro atoms. The Morgan fingerprint density at radius 3 is 2.46 bits per heavy atom. The fourth-order valence-corrected chi connectivity index (χ4v) is 1.94. The predicted molar refractivity (Wildman–Crippen MR) is 56.9 cm³/mol.